The largest absolute Gasteiger partial charge is 0.298 e. The molecule has 0 N–H and O–H groups in total. The molecule has 24 heavy (non-hydrogen) atoms. The highest BCUT2D eigenvalue weighted by Gasteiger charge is 2.39. The maximum atomic E-state index is 12.7. The third kappa shape index (κ3) is 2.53. The second-order valence-electron chi connectivity index (χ2n) is 6.19. The van der Waals surface area contributed by atoms with Crippen LogP contribution in [0.3, 0.4) is 0 Å². The van der Waals surface area contributed by atoms with Crippen LogP contribution >= 0.6 is 0 Å². The molecule has 1 saturated carbocycles. The lowest BCUT2D eigenvalue weighted by atomic mass is 9.80. The van der Waals surface area contributed by atoms with Crippen molar-refractivity contribution in [3.8, 4) is 0 Å². The molecule has 0 amide bonds. The Kier molecular flexibility index (Phi) is 3.99. The molecule has 1 aliphatic heterocycles. The predicted octanol–water partition coefficient (Wildman–Crippen LogP) is 1.48. The van der Waals surface area contributed by atoms with Gasteiger partial charge in [-0.3, -0.25) is 19.2 Å². The Labute approximate surface area is 139 Å². The van der Waals surface area contributed by atoms with Gasteiger partial charge in [-0.15, -0.1) is 0 Å². The molecule has 1 aromatic rings. The first-order valence-electron chi connectivity index (χ1n) is 7.73. The van der Waals surface area contributed by atoms with Crippen LogP contribution in [-0.4, -0.2) is 37.3 Å². The normalized spacial score (nSPS) is 20.8. The second kappa shape index (κ2) is 5.73. The highest BCUT2D eigenvalue weighted by molar-refractivity contribution is 7.91. The van der Waals surface area contributed by atoms with E-state index < -0.39 is 33.1 Å². The van der Waals surface area contributed by atoms with E-state index in [4.69, 9.17) is 0 Å². The zero-order valence-electron chi connectivity index (χ0n) is 13.1. The standard InChI is InChI=1S/C17H16O6S/c1-9-10(16(21)15-13(19)3-2-4-14(15)20)5-6-11-12(18)7-8-24(22,23)17(9)11/h5-6,15H,2-4,7-8H2,1H3. The molecule has 1 aromatic carbocycles. The van der Waals surface area contributed by atoms with E-state index >= 15 is 0 Å². The molecule has 1 aliphatic carbocycles. The Morgan fingerprint density at radius 1 is 1.04 bits per heavy atom. The first-order chi connectivity index (χ1) is 11.2. The quantitative estimate of drug-likeness (QED) is 0.592. The summed E-state index contributed by atoms with van der Waals surface area (Å²) < 4.78 is 24.6. The van der Waals surface area contributed by atoms with E-state index in [1.165, 1.54) is 19.1 Å². The van der Waals surface area contributed by atoms with E-state index in [0.717, 1.165) is 0 Å². The van der Waals surface area contributed by atoms with Gasteiger partial charge in [0.15, 0.2) is 33.0 Å². The fourth-order valence-electron chi connectivity index (χ4n) is 3.40. The van der Waals surface area contributed by atoms with Crippen LogP contribution in [0.1, 0.15) is 52.0 Å². The van der Waals surface area contributed by atoms with E-state index in [1.807, 2.05) is 0 Å². The lowest BCUT2D eigenvalue weighted by molar-refractivity contribution is -0.133. The fraction of sp³-hybridized carbons (Fsp3) is 0.412. The van der Waals surface area contributed by atoms with Crippen molar-refractivity contribution >= 4 is 33.0 Å². The molecule has 126 valence electrons. The van der Waals surface area contributed by atoms with Gasteiger partial charge in [0.25, 0.3) is 0 Å². The van der Waals surface area contributed by atoms with Crippen LogP contribution in [0.4, 0.5) is 0 Å². The van der Waals surface area contributed by atoms with Crippen LogP contribution in [0, 0.1) is 12.8 Å². The van der Waals surface area contributed by atoms with Crippen molar-refractivity contribution in [1.29, 1.82) is 0 Å². The molecule has 0 atom stereocenters. The summed E-state index contributed by atoms with van der Waals surface area (Å²) in [6.07, 6.45) is 0.695. The Hall–Kier alpha value is -2.15. The third-order valence-electron chi connectivity index (χ3n) is 4.63. The van der Waals surface area contributed by atoms with Crippen molar-refractivity contribution in [3.63, 3.8) is 0 Å². The van der Waals surface area contributed by atoms with Crippen molar-refractivity contribution in [2.75, 3.05) is 5.75 Å². The maximum absolute atomic E-state index is 12.7. The molecular formula is C17H16O6S. The summed E-state index contributed by atoms with van der Waals surface area (Å²) in [5, 5.41) is 0. The molecule has 0 spiro atoms. The van der Waals surface area contributed by atoms with Crippen LogP contribution in [0.15, 0.2) is 17.0 Å². The summed E-state index contributed by atoms with van der Waals surface area (Å²) in [5.74, 6) is -3.44. The number of hydrogen-bond acceptors (Lipinski definition) is 6. The molecule has 0 aromatic heterocycles. The molecule has 1 fully saturated rings. The number of ketones is 4. The van der Waals surface area contributed by atoms with Gasteiger partial charge < -0.3 is 0 Å². The van der Waals surface area contributed by atoms with Gasteiger partial charge in [0.2, 0.25) is 0 Å². The van der Waals surface area contributed by atoms with Gasteiger partial charge in [0.05, 0.1) is 10.6 Å². The smallest absolute Gasteiger partial charge is 0.181 e. The van der Waals surface area contributed by atoms with Crippen LogP contribution in [0.2, 0.25) is 0 Å². The van der Waals surface area contributed by atoms with Gasteiger partial charge in [-0.2, -0.15) is 0 Å². The molecule has 0 unspecified atom stereocenters. The molecule has 1 heterocycles. The Morgan fingerprint density at radius 3 is 2.29 bits per heavy atom. The lowest BCUT2D eigenvalue weighted by Crippen LogP contribution is -2.36. The van der Waals surface area contributed by atoms with Crippen LogP contribution in [0.5, 0.6) is 0 Å². The van der Waals surface area contributed by atoms with Gasteiger partial charge >= 0.3 is 0 Å². The Morgan fingerprint density at radius 2 is 1.67 bits per heavy atom. The topological polar surface area (TPSA) is 102 Å². The van der Waals surface area contributed by atoms with Gasteiger partial charge in [-0.1, -0.05) is 6.07 Å². The number of Topliss-reactive ketones (excluding diaryl/α,β-unsaturated/α-hetero) is 4. The highest BCUT2D eigenvalue weighted by atomic mass is 32.2. The molecule has 2 aliphatic rings. The highest BCUT2D eigenvalue weighted by Crippen LogP contribution is 2.32. The van der Waals surface area contributed by atoms with Gasteiger partial charge in [-0.25, -0.2) is 8.42 Å². The average Bonchev–Trinajstić information content (AvgIpc) is 2.50. The number of benzene rings is 1. The van der Waals surface area contributed by atoms with Crippen molar-refractivity contribution < 1.29 is 27.6 Å². The zero-order valence-corrected chi connectivity index (χ0v) is 13.9. The zero-order chi connectivity index (χ0) is 17.6. The summed E-state index contributed by atoms with van der Waals surface area (Å²) in [6.45, 7) is 1.44. The van der Waals surface area contributed by atoms with Gasteiger partial charge in [-0.05, 0) is 25.0 Å². The number of sulfone groups is 1. The molecule has 6 nitrogen and oxygen atoms in total. The third-order valence-corrected chi connectivity index (χ3v) is 6.52. The molecule has 7 heteroatoms. The fourth-order valence-corrected chi connectivity index (χ4v) is 5.15. The van der Waals surface area contributed by atoms with Crippen LogP contribution in [0.25, 0.3) is 0 Å². The van der Waals surface area contributed by atoms with Crippen molar-refractivity contribution in [3.05, 3.63) is 28.8 Å². The van der Waals surface area contributed by atoms with E-state index in [9.17, 15) is 27.6 Å². The predicted molar refractivity (Wildman–Crippen MR) is 83.9 cm³/mol. The lowest BCUT2D eigenvalue weighted by Gasteiger charge is -2.22. The van der Waals surface area contributed by atoms with Gasteiger partial charge in [0.1, 0.15) is 5.92 Å². The number of carbonyl (C=O) groups is 4. The maximum Gasteiger partial charge on any atom is 0.181 e. The van der Waals surface area contributed by atoms with E-state index in [2.05, 4.69) is 0 Å². The molecule has 3 rings (SSSR count). The summed E-state index contributed by atoms with van der Waals surface area (Å²) in [5.41, 5.74) is 0.258. The molecular weight excluding hydrogens is 332 g/mol. The SMILES string of the molecule is Cc1c(C(=O)C2C(=O)CCCC2=O)ccc2c1S(=O)(=O)CCC2=O. The van der Waals surface area contributed by atoms with E-state index in [-0.39, 0.29) is 52.4 Å². The van der Waals surface area contributed by atoms with E-state index in [1.54, 1.807) is 0 Å². The Bertz CT molecular complexity index is 878. The number of fused-ring (bicyclic) bond motifs is 1. The molecule has 0 radical (unpaired) electrons. The van der Waals surface area contributed by atoms with Gasteiger partial charge in [0, 0.05) is 30.4 Å². The first kappa shape index (κ1) is 16.7. The summed E-state index contributed by atoms with van der Waals surface area (Å²) in [6, 6.07) is 2.66. The minimum absolute atomic E-state index is 0.0284. The molecule has 0 saturated heterocycles. The summed E-state index contributed by atoms with van der Waals surface area (Å²) in [7, 11) is -3.66. The van der Waals surface area contributed by atoms with Crippen molar-refractivity contribution in [1.82, 2.24) is 0 Å². The summed E-state index contributed by atoms with van der Waals surface area (Å²) >= 11 is 0. The molecule has 0 bridgehead atoms. The average molecular weight is 348 g/mol. The minimum Gasteiger partial charge on any atom is -0.298 e. The Balaban J connectivity index is 2.14. The second-order valence-corrected chi connectivity index (χ2v) is 8.24. The van der Waals surface area contributed by atoms with E-state index in [0.29, 0.717) is 6.42 Å². The number of carbonyl (C=O) groups excluding carboxylic acids is 4. The number of hydrogen-bond donors (Lipinski definition) is 0. The van der Waals surface area contributed by atoms with Crippen LogP contribution in [-0.2, 0) is 19.4 Å². The minimum atomic E-state index is -3.66. The van der Waals surface area contributed by atoms with Crippen LogP contribution < -0.4 is 0 Å². The van der Waals surface area contributed by atoms with Crippen molar-refractivity contribution in [2.45, 2.75) is 37.5 Å². The monoisotopic (exact) mass is 348 g/mol. The number of rotatable bonds is 2. The van der Waals surface area contributed by atoms with Crippen molar-refractivity contribution in [2.24, 2.45) is 5.92 Å². The first-order valence-corrected chi connectivity index (χ1v) is 9.38. The summed E-state index contributed by atoms with van der Waals surface area (Å²) in [4.78, 5) is 48.5.